The van der Waals surface area contributed by atoms with Crippen molar-refractivity contribution in [3.63, 3.8) is 0 Å². The highest BCUT2D eigenvalue weighted by molar-refractivity contribution is 6.35. The lowest BCUT2D eigenvalue weighted by Crippen LogP contribution is -2.59. The predicted octanol–water partition coefficient (Wildman–Crippen LogP) is 4.79. The van der Waals surface area contributed by atoms with Gasteiger partial charge in [0, 0.05) is 22.7 Å². The molecule has 1 N–H and O–H groups in total. The van der Waals surface area contributed by atoms with Crippen LogP contribution in [-0.2, 0) is 9.59 Å². The number of anilines is 1. The van der Waals surface area contributed by atoms with E-state index in [1.807, 2.05) is 19.1 Å². The zero-order chi connectivity index (χ0) is 23.0. The van der Waals surface area contributed by atoms with Crippen LogP contribution in [0, 0.1) is 11.8 Å². The Balaban J connectivity index is 1.57. The van der Waals surface area contributed by atoms with Gasteiger partial charge in [0.2, 0.25) is 11.8 Å². The van der Waals surface area contributed by atoms with Crippen molar-refractivity contribution in [1.82, 2.24) is 10.3 Å². The summed E-state index contributed by atoms with van der Waals surface area (Å²) in [5, 5.41) is 2.27. The Morgan fingerprint density at radius 3 is 2.53 bits per heavy atom. The number of halogens is 2. The maximum absolute atomic E-state index is 13.2. The maximum atomic E-state index is 13.2. The van der Waals surface area contributed by atoms with Crippen LogP contribution < -0.4 is 10.4 Å². The molecule has 0 radical (unpaired) electrons. The Labute approximate surface area is 196 Å². The van der Waals surface area contributed by atoms with Gasteiger partial charge in [-0.15, -0.1) is 0 Å². The van der Waals surface area contributed by atoms with Crippen LogP contribution in [0.5, 0.6) is 0 Å². The average Bonchev–Trinajstić information content (AvgIpc) is 2.80. The van der Waals surface area contributed by atoms with Crippen molar-refractivity contribution >= 4 is 46.6 Å². The fraction of sp³-hybridized carbons (Fsp3) is 0.292. The predicted molar refractivity (Wildman–Crippen MR) is 124 cm³/mol. The van der Waals surface area contributed by atoms with Gasteiger partial charge in [-0.05, 0) is 55.7 Å². The molecule has 32 heavy (non-hydrogen) atoms. The Morgan fingerprint density at radius 1 is 1.09 bits per heavy atom. The van der Waals surface area contributed by atoms with Gasteiger partial charge < -0.3 is 4.90 Å². The molecule has 3 unspecified atom stereocenters. The van der Waals surface area contributed by atoms with Crippen LogP contribution >= 0.6 is 23.2 Å². The van der Waals surface area contributed by atoms with E-state index in [0.717, 1.165) is 5.56 Å². The first-order valence-corrected chi connectivity index (χ1v) is 11.1. The zero-order valence-electron chi connectivity index (χ0n) is 17.7. The number of benzene rings is 2. The molecule has 166 valence electrons. The molecule has 2 aliphatic rings. The molecule has 1 saturated heterocycles. The van der Waals surface area contributed by atoms with E-state index in [1.165, 1.54) is 5.01 Å². The number of hydrogen-bond acceptors (Lipinski definition) is 3. The Hall–Kier alpha value is -2.83. The lowest BCUT2D eigenvalue weighted by molar-refractivity contribution is -0.139. The zero-order valence-corrected chi connectivity index (χ0v) is 19.2. The number of fused-ring (bicyclic) bond motifs is 1. The number of rotatable bonds is 4. The molecule has 0 spiro atoms. The molecule has 0 bridgehead atoms. The van der Waals surface area contributed by atoms with E-state index in [2.05, 4.69) is 5.43 Å². The molecule has 0 saturated carbocycles. The number of hydrogen-bond donors (Lipinski definition) is 1. The van der Waals surface area contributed by atoms with E-state index in [4.69, 9.17) is 23.2 Å². The van der Waals surface area contributed by atoms with Gasteiger partial charge in [-0.2, -0.15) is 0 Å². The second kappa shape index (κ2) is 8.96. The van der Waals surface area contributed by atoms with Crippen molar-refractivity contribution in [2.24, 2.45) is 11.8 Å². The molecule has 0 aromatic heterocycles. The van der Waals surface area contributed by atoms with Gasteiger partial charge in [0.15, 0.2) is 0 Å². The molecule has 1 aliphatic heterocycles. The van der Waals surface area contributed by atoms with Gasteiger partial charge in [-0.1, -0.05) is 47.5 Å². The summed E-state index contributed by atoms with van der Waals surface area (Å²) < 4.78 is 0. The third-order valence-electron chi connectivity index (χ3n) is 6.19. The SMILES string of the molecule is CC(c1ccc(Cl)cc1Cl)N(C)C(=O)c1cccc(N2NC(=O)C3CC=CCC3C2=O)c1. The van der Waals surface area contributed by atoms with E-state index >= 15 is 0 Å². The molecule has 8 heteroatoms. The highest BCUT2D eigenvalue weighted by Gasteiger charge is 2.42. The Kier molecular flexibility index (Phi) is 6.26. The maximum Gasteiger partial charge on any atom is 0.254 e. The van der Waals surface area contributed by atoms with E-state index < -0.39 is 0 Å². The summed E-state index contributed by atoms with van der Waals surface area (Å²) in [4.78, 5) is 40.4. The van der Waals surface area contributed by atoms with Gasteiger partial charge >= 0.3 is 0 Å². The summed E-state index contributed by atoms with van der Waals surface area (Å²) in [5.41, 5.74) is 4.32. The normalized spacial score (nSPS) is 21.1. The highest BCUT2D eigenvalue weighted by Crippen LogP contribution is 2.33. The topological polar surface area (TPSA) is 69.7 Å². The molecule has 3 amide bonds. The van der Waals surface area contributed by atoms with E-state index in [-0.39, 0.29) is 35.6 Å². The molecule has 2 aromatic carbocycles. The summed E-state index contributed by atoms with van der Waals surface area (Å²) in [6.45, 7) is 1.88. The number of nitrogens with zero attached hydrogens (tertiary/aromatic N) is 2. The van der Waals surface area contributed by atoms with Crippen LogP contribution in [0.25, 0.3) is 0 Å². The number of carbonyl (C=O) groups is 3. The molecule has 3 atom stereocenters. The van der Waals surface area contributed by atoms with Gasteiger partial charge in [-0.25, -0.2) is 5.01 Å². The van der Waals surface area contributed by atoms with Gasteiger partial charge in [0.05, 0.1) is 23.6 Å². The molecule has 1 fully saturated rings. The van der Waals surface area contributed by atoms with E-state index in [9.17, 15) is 14.4 Å². The summed E-state index contributed by atoms with van der Waals surface area (Å²) in [6, 6.07) is 11.6. The first-order valence-electron chi connectivity index (χ1n) is 10.4. The summed E-state index contributed by atoms with van der Waals surface area (Å²) in [6.07, 6.45) is 4.97. The van der Waals surface area contributed by atoms with Gasteiger partial charge in [-0.3, -0.25) is 19.8 Å². The van der Waals surface area contributed by atoms with Crippen molar-refractivity contribution in [1.29, 1.82) is 0 Å². The lowest BCUT2D eigenvalue weighted by atomic mass is 9.80. The quantitative estimate of drug-likeness (QED) is 0.651. The van der Waals surface area contributed by atoms with Crippen molar-refractivity contribution in [3.8, 4) is 0 Å². The fourth-order valence-electron chi connectivity index (χ4n) is 4.19. The minimum Gasteiger partial charge on any atom is -0.335 e. The number of allylic oxidation sites excluding steroid dienone is 2. The Morgan fingerprint density at radius 2 is 1.81 bits per heavy atom. The van der Waals surface area contributed by atoms with Crippen molar-refractivity contribution < 1.29 is 14.4 Å². The summed E-state index contributed by atoms with van der Waals surface area (Å²) in [7, 11) is 1.69. The largest absolute Gasteiger partial charge is 0.335 e. The fourth-order valence-corrected chi connectivity index (χ4v) is 4.76. The van der Waals surface area contributed by atoms with Crippen LogP contribution in [0.15, 0.2) is 54.6 Å². The number of amides is 3. The molecule has 2 aromatic rings. The van der Waals surface area contributed by atoms with Crippen molar-refractivity contribution in [2.75, 3.05) is 12.1 Å². The van der Waals surface area contributed by atoms with Gasteiger partial charge in [0.25, 0.3) is 5.91 Å². The monoisotopic (exact) mass is 471 g/mol. The van der Waals surface area contributed by atoms with Crippen molar-refractivity contribution in [2.45, 2.75) is 25.8 Å². The highest BCUT2D eigenvalue weighted by atomic mass is 35.5. The summed E-state index contributed by atoms with van der Waals surface area (Å²) >= 11 is 12.3. The van der Waals surface area contributed by atoms with Crippen LogP contribution in [-0.4, -0.2) is 29.7 Å². The average molecular weight is 472 g/mol. The molecule has 1 aliphatic carbocycles. The van der Waals surface area contributed by atoms with Crippen molar-refractivity contribution in [3.05, 3.63) is 75.8 Å². The molecule has 6 nitrogen and oxygen atoms in total. The van der Waals surface area contributed by atoms with E-state index in [1.54, 1.807) is 54.4 Å². The van der Waals surface area contributed by atoms with Gasteiger partial charge in [0.1, 0.15) is 0 Å². The third kappa shape index (κ3) is 4.12. The number of hydrazine groups is 1. The van der Waals surface area contributed by atoms with Crippen LogP contribution in [0.2, 0.25) is 10.0 Å². The van der Waals surface area contributed by atoms with E-state index in [0.29, 0.717) is 34.1 Å². The minimum atomic E-state index is -0.386. The van der Waals surface area contributed by atoms with Crippen LogP contribution in [0.3, 0.4) is 0 Å². The number of nitrogens with one attached hydrogen (secondary N) is 1. The first kappa shape index (κ1) is 22.4. The molecule has 4 rings (SSSR count). The third-order valence-corrected chi connectivity index (χ3v) is 6.76. The standard InChI is InChI=1S/C24H23Cl2N3O3/c1-14(18-11-10-16(25)13-21(18)26)28(2)23(31)15-6-5-7-17(12-15)29-24(32)20-9-4-3-8-19(20)22(30)27-29/h3-7,10-14,19-20H,8-9H2,1-2H3,(H,27,30). The second-order valence-corrected chi connectivity index (χ2v) is 8.96. The van der Waals surface area contributed by atoms with Crippen LogP contribution in [0.1, 0.15) is 41.7 Å². The summed E-state index contributed by atoms with van der Waals surface area (Å²) in [5.74, 6) is -1.32. The molecular weight excluding hydrogens is 449 g/mol. The molecular formula is C24H23Cl2N3O3. The second-order valence-electron chi connectivity index (χ2n) is 8.11. The molecule has 1 heterocycles. The minimum absolute atomic E-state index is 0.168. The number of carbonyl (C=O) groups excluding carboxylic acids is 3. The van der Waals surface area contributed by atoms with Crippen LogP contribution in [0.4, 0.5) is 5.69 Å². The first-order chi connectivity index (χ1) is 15.3. The lowest BCUT2D eigenvalue weighted by Gasteiger charge is -2.38. The Bertz CT molecular complexity index is 1120. The smallest absolute Gasteiger partial charge is 0.254 e.